The molecule has 0 atom stereocenters. The van der Waals surface area contributed by atoms with E-state index < -0.39 is 6.09 Å². The van der Waals surface area contributed by atoms with Crippen LogP contribution in [0.5, 0.6) is 0 Å². The van der Waals surface area contributed by atoms with Gasteiger partial charge in [-0.1, -0.05) is 64.5 Å². The smallest absolute Gasteiger partial charge is 0.409 e. The molecule has 1 aromatic carbocycles. The number of unbranched alkanes of at least 4 members (excludes halogenated alkanes) is 6. The van der Waals surface area contributed by atoms with Gasteiger partial charge in [-0.25, -0.2) is 4.79 Å². The summed E-state index contributed by atoms with van der Waals surface area (Å²) in [6, 6.07) is 6.02. The predicted molar refractivity (Wildman–Crippen MR) is 93.8 cm³/mol. The number of hydrogen-bond donors (Lipinski definition) is 2. The summed E-state index contributed by atoms with van der Waals surface area (Å²) in [5.74, 6) is 0. The minimum atomic E-state index is -0.974. The Hall–Kier alpha value is -1.51. The van der Waals surface area contributed by atoms with Gasteiger partial charge in [-0.15, -0.1) is 0 Å². The van der Waals surface area contributed by atoms with Crippen LogP contribution >= 0.6 is 0 Å². The van der Waals surface area contributed by atoms with Crippen molar-refractivity contribution in [3.05, 3.63) is 29.3 Å². The van der Waals surface area contributed by atoms with E-state index in [1.807, 2.05) is 12.1 Å². The molecule has 22 heavy (non-hydrogen) atoms. The Morgan fingerprint density at radius 2 is 1.59 bits per heavy atom. The van der Waals surface area contributed by atoms with Crippen molar-refractivity contribution in [2.75, 3.05) is 5.32 Å². The lowest BCUT2D eigenvalue weighted by Gasteiger charge is -2.15. The van der Waals surface area contributed by atoms with Gasteiger partial charge in [0.25, 0.3) is 0 Å². The van der Waals surface area contributed by atoms with Crippen molar-refractivity contribution in [2.45, 2.75) is 78.1 Å². The van der Waals surface area contributed by atoms with E-state index in [0.29, 0.717) is 0 Å². The Labute approximate surface area is 135 Å². The number of amides is 1. The van der Waals surface area contributed by atoms with Crippen LogP contribution in [-0.4, -0.2) is 11.2 Å². The van der Waals surface area contributed by atoms with Crippen molar-refractivity contribution in [3.63, 3.8) is 0 Å². The Bertz CT molecular complexity index is 443. The molecular weight excluding hydrogens is 274 g/mol. The molecule has 0 fully saturated rings. The molecule has 0 saturated heterocycles. The van der Waals surface area contributed by atoms with Gasteiger partial charge in [-0.2, -0.15) is 0 Å². The average molecular weight is 305 g/mol. The van der Waals surface area contributed by atoms with Crippen LogP contribution in [0.4, 0.5) is 10.5 Å². The molecule has 0 aliphatic rings. The predicted octanol–water partition coefficient (Wildman–Crippen LogP) is 6.02. The Kier molecular flexibility index (Phi) is 9.36. The molecule has 3 nitrogen and oxygen atoms in total. The van der Waals surface area contributed by atoms with Crippen LogP contribution in [0, 0.1) is 0 Å². The van der Waals surface area contributed by atoms with Gasteiger partial charge in [-0.05, 0) is 42.9 Å². The summed E-state index contributed by atoms with van der Waals surface area (Å²) < 4.78 is 0. The molecule has 0 saturated carbocycles. The van der Waals surface area contributed by atoms with E-state index in [4.69, 9.17) is 5.11 Å². The summed E-state index contributed by atoms with van der Waals surface area (Å²) in [5, 5.41) is 11.6. The van der Waals surface area contributed by atoms with E-state index in [1.54, 1.807) is 0 Å². The second kappa shape index (κ2) is 11.1. The quantitative estimate of drug-likeness (QED) is 0.491. The number of aryl methyl sites for hydroxylation is 1. The highest BCUT2D eigenvalue weighted by Crippen LogP contribution is 2.24. The van der Waals surface area contributed by atoms with Crippen molar-refractivity contribution < 1.29 is 9.90 Å². The van der Waals surface area contributed by atoms with Crippen molar-refractivity contribution in [3.8, 4) is 0 Å². The zero-order valence-electron chi connectivity index (χ0n) is 14.2. The van der Waals surface area contributed by atoms with Gasteiger partial charge in [0.1, 0.15) is 0 Å². The summed E-state index contributed by atoms with van der Waals surface area (Å²) in [7, 11) is 0. The minimum Gasteiger partial charge on any atom is -0.465 e. The Morgan fingerprint density at radius 3 is 2.18 bits per heavy atom. The molecule has 0 aliphatic carbocycles. The van der Waals surface area contributed by atoms with Crippen LogP contribution in [0.25, 0.3) is 0 Å². The number of carboxylic acid groups (broad SMARTS) is 1. The number of rotatable bonds is 11. The first-order valence-corrected chi connectivity index (χ1v) is 8.79. The second-order valence-electron chi connectivity index (χ2n) is 5.99. The lowest BCUT2D eigenvalue weighted by Crippen LogP contribution is -2.11. The molecule has 2 N–H and O–H groups in total. The molecule has 0 radical (unpaired) electrons. The number of hydrogen-bond acceptors (Lipinski definition) is 1. The van der Waals surface area contributed by atoms with E-state index in [0.717, 1.165) is 24.9 Å². The van der Waals surface area contributed by atoms with Crippen molar-refractivity contribution in [1.29, 1.82) is 0 Å². The Morgan fingerprint density at radius 1 is 0.955 bits per heavy atom. The maximum Gasteiger partial charge on any atom is 0.409 e. The monoisotopic (exact) mass is 305 g/mol. The zero-order chi connectivity index (χ0) is 16.2. The van der Waals surface area contributed by atoms with Gasteiger partial charge in [-0.3, -0.25) is 5.32 Å². The molecule has 124 valence electrons. The second-order valence-corrected chi connectivity index (χ2v) is 5.99. The maximum absolute atomic E-state index is 11.0. The fourth-order valence-electron chi connectivity index (χ4n) is 2.87. The average Bonchev–Trinajstić information content (AvgIpc) is 2.49. The summed E-state index contributed by atoms with van der Waals surface area (Å²) in [5.41, 5.74) is 3.30. The van der Waals surface area contributed by atoms with Crippen LogP contribution < -0.4 is 5.32 Å². The first-order chi connectivity index (χ1) is 10.7. The molecule has 0 aliphatic heterocycles. The van der Waals surface area contributed by atoms with E-state index in [9.17, 15) is 4.79 Å². The molecule has 0 bridgehead atoms. The fraction of sp³-hybridized carbons (Fsp3) is 0.632. The third kappa shape index (κ3) is 6.97. The zero-order valence-corrected chi connectivity index (χ0v) is 14.2. The SMILES string of the molecule is CCCCCCc1cccc(NC(=O)O)c1CCCCCC. The van der Waals surface area contributed by atoms with Crippen LogP contribution in [0.1, 0.15) is 76.3 Å². The van der Waals surface area contributed by atoms with E-state index in [2.05, 4.69) is 25.2 Å². The van der Waals surface area contributed by atoms with Gasteiger partial charge in [0.2, 0.25) is 0 Å². The standard InChI is InChI=1S/C19H31NO2/c1-3-5-7-9-12-16-13-11-15-18(20-19(21)22)17(16)14-10-8-6-4-2/h11,13,15,20H,3-10,12,14H2,1-2H3,(H,21,22). The van der Waals surface area contributed by atoms with Crippen molar-refractivity contribution in [2.24, 2.45) is 0 Å². The van der Waals surface area contributed by atoms with Gasteiger partial charge >= 0.3 is 6.09 Å². The number of benzene rings is 1. The molecule has 1 amide bonds. The lowest BCUT2D eigenvalue weighted by molar-refractivity contribution is 0.209. The minimum absolute atomic E-state index is 0.775. The number of nitrogens with one attached hydrogen (secondary N) is 1. The van der Waals surface area contributed by atoms with Crippen LogP contribution in [-0.2, 0) is 12.8 Å². The summed E-state index contributed by atoms with van der Waals surface area (Å²) in [6.45, 7) is 4.43. The van der Waals surface area contributed by atoms with E-state index >= 15 is 0 Å². The number of carbonyl (C=O) groups is 1. The summed E-state index contributed by atoms with van der Waals surface area (Å²) >= 11 is 0. The maximum atomic E-state index is 11.0. The summed E-state index contributed by atoms with van der Waals surface area (Å²) in [4.78, 5) is 11.0. The van der Waals surface area contributed by atoms with Crippen LogP contribution in [0.15, 0.2) is 18.2 Å². The molecule has 0 unspecified atom stereocenters. The highest BCUT2D eigenvalue weighted by molar-refractivity contribution is 5.84. The first-order valence-electron chi connectivity index (χ1n) is 8.79. The van der Waals surface area contributed by atoms with Crippen LogP contribution in [0.3, 0.4) is 0 Å². The summed E-state index contributed by atoms with van der Waals surface area (Å²) in [6.07, 6.45) is 10.8. The van der Waals surface area contributed by atoms with Crippen molar-refractivity contribution >= 4 is 11.8 Å². The van der Waals surface area contributed by atoms with Gasteiger partial charge in [0.05, 0.1) is 0 Å². The fourth-order valence-corrected chi connectivity index (χ4v) is 2.87. The molecule has 3 heteroatoms. The molecule has 1 rings (SSSR count). The van der Waals surface area contributed by atoms with Gasteiger partial charge < -0.3 is 5.11 Å². The van der Waals surface area contributed by atoms with Gasteiger partial charge in [0.15, 0.2) is 0 Å². The third-order valence-electron chi connectivity index (χ3n) is 4.09. The largest absolute Gasteiger partial charge is 0.465 e. The van der Waals surface area contributed by atoms with Crippen LogP contribution in [0.2, 0.25) is 0 Å². The number of anilines is 1. The molecule has 0 aromatic heterocycles. The van der Waals surface area contributed by atoms with Gasteiger partial charge in [0, 0.05) is 5.69 Å². The van der Waals surface area contributed by atoms with E-state index in [1.165, 1.54) is 56.1 Å². The Balaban J connectivity index is 2.75. The topological polar surface area (TPSA) is 49.3 Å². The first kappa shape index (κ1) is 18.5. The van der Waals surface area contributed by atoms with E-state index in [-0.39, 0.29) is 0 Å². The van der Waals surface area contributed by atoms with Crippen molar-refractivity contribution in [1.82, 2.24) is 0 Å². The molecule has 0 spiro atoms. The third-order valence-corrected chi connectivity index (χ3v) is 4.09. The molecular formula is C19H31NO2. The highest BCUT2D eigenvalue weighted by Gasteiger charge is 2.10. The highest BCUT2D eigenvalue weighted by atomic mass is 16.4. The lowest BCUT2D eigenvalue weighted by atomic mass is 9.95. The normalized spacial score (nSPS) is 10.6. The molecule has 1 aromatic rings. The molecule has 0 heterocycles.